The number of para-hydroxylation sites is 2. The van der Waals surface area contributed by atoms with E-state index in [1.807, 2.05) is 25.2 Å². The molecule has 0 radical (unpaired) electrons. The van der Waals surface area contributed by atoms with Gasteiger partial charge in [-0.2, -0.15) is 0 Å². The molecule has 1 atom stereocenters. The molecule has 5 nitrogen and oxygen atoms in total. The van der Waals surface area contributed by atoms with Crippen LogP contribution in [0, 0.1) is 5.82 Å². The molecule has 0 aromatic heterocycles. The van der Waals surface area contributed by atoms with Crippen LogP contribution in [0.15, 0.2) is 42.5 Å². The Morgan fingerprint density at radius 3 is 2.64 bits per heavy atom. The van der Waals surface area contributed by atoms with Crippen LogP contribution in [0.5, 0.6) is 11.5 Å². The smallest absolute Gasteiger partial charge is 0.235 e. The van der Waals surface area contributed by atoms with Crippen molar-refractivity contribution >= 4 is 11.6 Å². The van der Waals surface area contributed by atoms with E-state index in [-0.39, 0.29) is 17.8 Å². The van der Waals surface area contributed by atoms with Gasteiger partial charge in [0, 0.05) is 12.1 Å². The number of rotatable bonds is 6. The predicted octanol–water partition coefficient (Wildman–Crippen LogP) is 3.94. The fourth-order valence-electron chi connectivity index (χ4n) is 3.89. The maximum absolute atomic E-state index is 14.0. The minimum absolute atomic E-state index is 0.0412. The number of benzene rings is 2. The highest BCUT2D eigenvalue weighted by atomic mass is 19.1. The molecule has 2 aromatic rings. The summed E-state index contributed by atoms with van der Waals surface area (Å²) in [6, 6.07) is 11.8. The number of nitrogens with zero attached hydrogens (tertiary/aromatic N) is 1. The first-order chi connectivity index (χ1) is 13.5. The number of methoxy groups -OCH3 is 1. The molecule has 1 aliphatic carbocycles. The Morgan fingerprint density at radius 1 is 1.21 bits per heavy atom. The summed E-state index contributed by atoms with van der Waals surface area (Å²) in [5.74, 6) is 0.574. The van der Waals surface area contributed by atoms with Crippen LogP contribution >= 0.6 is 0 Å². The van der Waals surface area contributed by atoms with Gasteiger partial charge in [-0.3, -0.25) is 9.69 Å². The molecule has 4 rings (SSSR count). The second-order valence-electron chi connectivity index (χ2n) is 7.55. The van der Waals surface area contributed by atoms with Crippen molar-refractivity contribution in [2.75, 3.05) is 26.0 Å². The normalized spacial score (nSPS) is 20.6. The van der Waals surface area contributed by atoms with Gasteiger partial charge in [-0.05, 0) is 50.9 Å². The first-order valence-corrected chi connectivity index (χ1v) is 9.65. The summed E-state index contributed by atoms with van der Waals surface area (Å²) in [5, 5.41) is 2.76. The number of likely N-dealkylation sites (tertiary alicyclic amines) is 1. The SMILES string of the molecule is COc1cccc(C2(C(=O)Nc3ccccc3F)CC2)c1OC1CCCN1C. The van der Waals surface area contributed by atoms with E-state index in [1.54, 1.807) is 25.3 Å². The van der Waals surface area contributed by atoms with Crippen LogP contribution in [0.1, 0.15) is 31.2 Å². The number of halogens is 1. The molecule has 2 fully saturated rings. The quantitative estimate of drug-likeness (QED) is 0.820. The zero-order chi connectivity index (χ0) is 19.7. The van der Waals surface area contributed by atoms with E-state index in [2.05, 4.69) is 10.2 Å². The van der Waals surface area contributed by atoms with Gasteiger partial charge in [0.15, 0.2) is 17.7 Å². The lowest BCUT2D eigenvalue weighted by Crippen LogP contribution is -2.33. The van der Waals surface area contributed by atoms with E-state index in [4.69, 9.17) is 9.47 Å². The largest absolute Gasteiger partial charge is 0.493 e. The van der Waals surface area contributed by atoms with Crippen molar-refractivity contribution in [2.24, 2.45) is 0 Å². The van der Waals surface area contributed by atoms with Crippen LogP contribution in [-0.2, 0) is 10.2 Å². The molecule has 148 valence electrons. The summed E-state index contributed by atoms with van der Waals surface area (Å²) < 4.78 is 25.9. The number of carbonyl (C=O) groups is 1. The zero-order valence-electron chi connectivity index (χ0n) is 16.2. The van der Waals surface area contributed by atoms with E-state index < -0.39 is 11.2 Å². The first kappa shape index (κ1) is 18.7. The molecule has 1 aliphatic heterocycles. The standard InChI is InChI=1S/C22H25FN2O3/c1-25-14-6-11-19(25)28-20-15(7-5-10-18(20)27-2)22(12-13-22)21(26)24-17-9-4-3-8-16(17)23/h3-5,7-10,19H,6,11-14H2,1-2H3,(H,24,26). The lowest BCUT2D eigenvalue weighted by molar-refractivity contribution is -0.118. The summed E-state index contributed by atoms with van der Waals surface area (Å²) in [6.07, 6.45) is 3.35. The number of hydrogen-bond donors (Lipinski definition) is 1. The Morgan fingerprint density at radius 2 is 2.00 bits per heavy atom. The number of amides is 1. The van der Waals surface area contributed by atoms with Gasteiger partial charge in [-0.25, -0.2) is 4.39 Å². The maximum atomic E-state index is 14.0. The van der Waals surface area contributed by atoms with Gasteiger partial charge in [0.2, 0.25) is 5.91 Å². The lowest BCUT2D eigenvalue weighted by Gasteiger charge is -2.26. The molecular weight excluding hydrogens is 359 g/mol. The van der Waals surface area contributed by atoms with Crippen molar-refractivity contribution < 1.29 is 18.7 Å². The summed E-state index contributed by atoms with van der Waals surface area (Å²) in [6.45, 7) is 0.980. The number of anilines is 1. The third-order valence-corrected chi connectivity index (χ3v) is 5.73. The van der Waals surface area contributed by atoms with Gasteiger partial charge in [-0.1, -0.05) is 24.3 Å². The number of nitrogens with one attached hydrogen (secondary N) is 1. The van der Waals surface area contributed by atoms with Crippen molar-refractivity contribution in [1.82, 2.24) is 4.90 Å². The van der Waals surface area contributed by atoms with Gasteiger partial charge < -0.3 is 14.8 Å². The van der Waals surface area contributed by atoms with Crippen molar-refractivity contribution in [2.45, 2.75) is 37.3 Å². The van der Waals surface area contributed by atoms with Crippen molar-refractivity contribution in [3.63, 3.8) is 0 Å². The van der Waals surface area contributed by atoms with Crippen LogP contribution in [0.25, 0.3) is 0 Å². The van der Waals surface area contributed by atoms with Crippen molar-refractivity contribution in [1.29, 1.82) is 0 Å². The van der Waals surface area contributed by atoms with E-state index in [0.717, 1.165) is 24.9 Å². The molecule has 28 heavy (non-hydrogen) atoms. The van der Waals surface area contributed by atoms with Gasteiger partial charge in [0.1, 0.15) is 5.82 Å². The maximum Gasteiger partial charge on any atom is 0.235 e. The molecule has 2 aromatic carbocycles. The molecule has 1 amide bonds. The highest BCUT2D eigenvalue weighted by Gasteiger charge is 2.53. The Labute approximate surface area is 164 Å². The Bertz CT molecular complexity index is 882. The molecule has 2 aliphatic rings. The third kappa shape index (κ3) is 3.33. The molecule has 0 spiro atoms. The highest BCUT2D eigenvalue weighted by molar-refractivity contribution is 6.02. The van der Waals surface area contributed by atoms with E-state index in [0.29, 0.717) is 24.3 Å². The monoisotopic (exact) mass is 384 g/mol. The van der Waals surface area contributed by atoms with E-state index >= 15 is 0 Å². The lowest BCUT2D eigenvalue weighted by atomic mass is 9.93. The van der Waals surface area contributed by atoms with Crippen molar-refractivity contribution in [3.8, 4) is 11.5 Å². The zero-order valence-corrected chi connectivity index (χ0v) is 16.2. The second kappa shape index (κ2) is 7.43. The molecule has 6 heteroatoms. The first-order valence-electron chi connectivity index (χ1n) is 9.65. The molecule has 1 N–H and O–H groups in total. The summed E-state index contributed by atoms with van der Waals surface area (Å²) >= 11 is 0. The Balaban J connectivity index is 1.66. The average molecular weight is 384 g/mol. The van der Waals surface area contributed by atoms with Crippen LogP contribution in [-0.4, -0.2) is 37.7 Å². The van der Waals surface area contributed by atoms with Crippen LogP contribution < -0.4 is 14.8 Å². The predicted molar refractivity (Wildman–Crippen MR) is 105 cm³/mol. The second-order valence-corrected chi connectivity index (χ2v) is 7.55. The fraction of sp³-hybridized carbons (Fsp3) is 0.409. The minimum Gasteiger partial charge on any atom is -0.493 e. The molecule has 1 saturated heterocycles. The topological polar surface area (TPSA) is 50.8 Å². The Hall–Kier alpha value is -2.60. The molecule has 0 bridgehead atoms. The van der Waals surface area contributed by atoms with E-state index in [9.17, 15) is 9.18 Å². The van der Waals surface area contributed by atoms with Gasteiger partial charge in [0.25, 0.3) is 0 Å². The highest BCUT2D eigenvalue weighted by Crippen LogP contribution is 2.54. The fourth-order valence-corrected chi connectivity index (χ4v) is 3.89. The molecule has 1 saturated carbocycles. The molecular formula is C22H25FN2O3. The summed E-state index contributed by atoms with van der Waals surface area (Å²) in [5.41, 5.74) is 0.282. The Kier molecular flexibility index (Phi) is 4.98. The minimum atomic E-state index is -0.719. The number of hydrogen-bond acceptors (Lipinski definition) is 4. The molecule has 1 heterocycles. The number of carbonyl (C=O) groups excluding carboxylic acids is 1. The average Bonchev–Trinajstić information content (AvgIpc) is 3.41. The van der Waals surface area contributed by atoms with Crippen LogP contribution in [0.2, 0.25) is 0 Å². The van der Waals surface area contributed by atoms with Gasteiger partial charge >= 0.3 is 0 Å². The molecule has 1 unspecified atom stereocenters. The number of ether oxygens (including phenoxy) is 2. The van der Waals surface area contributed by atoms with Gasteiger partial charge in [0.05, 0.1) is 18.2 Å². The van der Waals surface area contributed by atoms with Crippen LogP contribution in [0.3, 0.4) is 0 Å². The summed E-state index contributed by atoms with van der Waals surface area (Å²) in [4.78, 5) is 15.3. The van der Waals surface area contributed by atoms with Crippen molar-refractivity contribution in [3.05, 3.63) is 53.8 Å². The summed E-state index contributed by atoms with van der Waals surface area (Å²) in [7, 11) is 3.63. The van der Waals surface area contributed by atoms with E-state index in [1.165, 1.54) is 6.07 Å². The van der Waals surface area contributed by atoms with Crippen LogP contribution in [0.4, 0.5) is 10.1 Å². The third-order valence-electron chi connectivity index (χ3n) is 5.73. The van der Waals surface area contributed by atoms with Gasteiger partial charge in [-0.15, -0.1) is 0 Å².